The zero-order valence-electron chi connectivity index (χ0n) is 10.9. The molecular weight excluding hydrogens is 298 g/mol. The van der Waals surface area contributed by atoms with Crippen LogP contribution in [0.25, 0.3) is 0 Å². The minimum atomic E-state index is -1.01. The number of anilines is 1. The van der Waals surface area contributed by atoms with Gasteiger partial charge in [-0.2, -0.15) is 0 Å². The van der Waals surface area contributed by atoms with Crippen LogP contribution in [0.5, 0.6) is 0 Å². The Kier molecular flexibility index (Phi) is 3.43. The molecule has 3 rings (SSSR count). The highest BCUT2D eigenvalue weighted by Gasteiger charge is 2.40. The van der Waals surface area contributed by atoms with E-state index in [4.69, 9.17) is 21.4 Å². The summed E-state index contributed by atoms with van der Waals surface area (Å²) in [5.41, 5.74) is 0.664. The number of rotatable bonds is 3. The number of fused-ring (bicyclic) bond motifs is 1. The SMILES string of the molecule is O=C1C(=O)N(CC2CCC(C(=O)O)O2)c2cccc(Cl)c21. The number of hydrogen-bond acceptors (Lipinski definition) is 4. The van der Waals surface area contributed by atoms with Crippen LogP contribution in [-0.2, 0) is 14.3 Å². The molecule has 1 aromatic carbocycles. The topological polar surface area (TPSA) is 83.9 Å². The molecule has 0 saturated carbocycles. The number of Topliss-reactive ketones (excluding diaryl/α,β-unsaturated/α-hetero) is 1. The van der Waals surface area contributed by atoms with Gasteiger partial charge in [-0.05, 0) is 25.0 Å². The van der Waals surface area contributed by atoms with Gasteiger partial charge in [0.25, 0.3) is 11.7 Å². The van der Waals surface area contributed by atoms with Gasteiger partial charge in [0.05, 0.1) is 28.9 Å². The van der Waals surface area contributed by atoms with E-state index in [1.54, 1.807) is 18.2 Å². The number of halogens is 1. The van der Waals surface area contributed by atoms with E-state index >= 15 is 0 Å². The molecule has 7 heteroatoms. The molecule has 0 bridgehead atoms. The number of aliphatic carboxylic acids is 1. The Balaban J connectivity index is 1.82. The lowest BCUT2D eigenvalue weighted by Gasteiger charge is -2.20. The fraction of sp³-hybridized carbons (Fsp3) is 0.357. The molecular formula is C14H12ClNO5. The molecule has 110 valence electrons. The summed E-state index contributed by atoms with van der Waals surface area (Å²) in [7, 11) is 0. The Morgan fingerprint density at radius 3 is 2.81 bits per heavy atom. The fourth-order valence-electron chi connectivity index (χ4n) is 2.71. The summed E-state index contributed by atoms with van der Waals surface area (Å²) in [5, 5.41) is 9.14. The highest BCUT2D eigenvalue weighted by Crippen LogP contribution is 2.35. The molecule has 1 aromatic rings. The maximum absolute atomic E-state index is 12.1. The van der Waals surface area contributed by atoms with Crippen molar-refractivity contribution in [1.29, 1.82) is 0 Å². The quantitative estimate of drug-likeness (QED) is 0.855. The lowest BCUT2D eigenvalue weighted by atomic mass is 10.1. The van der Waals surface area contributed by atoms with Gasteiger partial charge in [-0.25, -0.2) is 4.79 Å². The van der Waals surface area contributed by atoms with Crippen LogP contribution in [-0.4, -0.2) is 41.5 Å². The van der Waals surface area contributed by atoms with E-state index in [1.807, 2.05) is 0 Å². The van der Waals surface area contributed by atoms with E-state index in [0.717, 1.165) is 0 Å². The molecule has 0 aromatic heterocycles. The van der Waals surface area contributed by atoms with Gasteiger partial charge in [0.1, 0.15) is 0 Å². The number of carbonyl (C=O) groups is 3. The first-order chi connectivity index (χ1) is 9.99. The Labute approximate surface area is 125 Å². The third kappa shape index (κ3) is 2.30. The summed E-state index contributed by atoms with van der Waals surface area (Å²) in [5.74, 6) is -2.30. The van der Waals surface area contributed by atoms with Crippen LogP contribution in [0.1, 0.15) is 23.2 Å². The minimum Gasteiger partial charge on any atom is -0.479 e. The molecule has 2 aliphatic rings. The zero-order chi connectivity index (χ0) is 15.1. The molecule has 2 heterocycles. The van der Waals surface area contributed by atoms with Crippen LogP contribution in [0.2, 0.25) is 5.02 Å². The number of amides is 1. The number of ketones is 1. The van der Waals surface area contributed by atoms with Gasteiger partial charge in [-0.15, -0.1) is 0 Å². The van der Waals surface area contributed by atoms with Gasteiger partial charge in [0, 0.05) is 0 Å². The van der Waals surface area contributed by atoms with Crippen molar-refractivity contribution in [2.45, 2.75) is 25.0 Å². The molecule has 6 nitrogen and oxygen atoms in total. The molecule has 0 aliphatic carbocycles. The highest BCUT2D eigenvalue weighted by molar-refractivity contribution is 6.55. The molecule has 1 N–H and O–H groups in total. The van der Waals surface area contributed by atoms with Crippen LogP contribution < -0.4 is 4.90 Å². The summed E-state index contributed by atoms with van der Waals surface area (Å²) in [4.78, 5) is 36.2. The number of nitrogens with zero attached hydrogens (tertiary/aromatic N) is 1. The fourth-order valence-corrected chi connectivity index (χ4v) is 2.96. The van der Waals surface area contributed by atoms with Crippen molar-refractivity contribution in [2.24, 2.45) is 0 Å². The van der Waals surface area contributed by atoms with Crippen LogP contribution in [0.15, 0.2) is 18.2 Å². The van der Waals surface area contributed by atoms with Crippen molar-refractivity contribution in [3.05, 3.63) is 28.8 Å². The second kappa shape index (κ2) is 5.13. The third-order valence-corrected chi connectivity index (χ3v) is 4.03. The second-order valence-electron chi connectivity index (χ2n) is 5.04. The maximum Gasteiger partial charge on any atom is 0.332 e. The Morgan fingerprint density at radius 1 is 1.38 bits per heavy atom. The van der Waals surface area contributed by atoms with Gasteiger partial charge in [-0.3, -0.25) is 9.59 Å². The van der Waals surface area contributed by atoms with Gasteiger partial charge in [0.15, 0.2) is 6.10 Å². The number of ether oxygens (including phenoxy) is 1. The first kappa shape index (κ1) is 14.0. The van der Waals surface area contributed by atoms with Crippen LogP contribution in [0.3, 0.4) is 0 Å². The Bertz CT molecular complexity index is 644. The van der Waals surface area contributed by atoms with Crippen LogP contribution in [0, 0.1) is 0 Å². The first-order valence-electron chi connectivity index (χ1n) is 6.52. The van der Waals surface area contributed by atoms with Gasteiger partial charge < -0.3 is 14.7 Å². The summed E-state index contributed by atoms with van der Waals surface area (Å²) in [6, 6.07) is 4.87. The summed E-state index contributed by atoms with van der Waals surface area (Å²) < 4.78 is 5.38. The van der Waals surface area contributed by atoms with E-state index in [-0.39, 0.29) is 17.1 Å². The van der Waals surface area contributed by atoms with E-state index < -0.39 is 29.9 Å². The molecule has 1 saturated heterocycles. The standard InChI is InChI=1S/C14H12ClNO5/c15-8-2-1-3-9-11(8)12(17)13(18)16(9)6-7-4-5-10(21-7)14(19)20/h1-3,7,10H,4-6H2,(H,19,20). The molecule has 0 spiro atoms. The summed E-state index contributed by atoms with van der Waals surface area (Å²) in [6.45, 7) is 0.154. The molecule has 2 unspecified atom stereocenters. The summed E-state index contributed by atoms with van der Waals surface area (Å²) >= 11 is 5.97. The van der Waals surface area contributed by atoms with Crippen LogP contribution >= 0.6 is 11.6 Å². The molecule has 2 aliphatic heterocycles. The second-order valence-corrected chi connectivity index (χ2v) is 5.45. The minimum absolute atomic E-state index is 0.154. The van der Waals surface area contributed by atoms with Crippen molar-refractivity contribution in [2.75, 3.05) is 11.4 Å². The lowest BCUT2D eigenvalue weighted by Crippen LogP contribution is -2.37. The largest absolute Gasteiger partial charge is 0.479 e. The number of carbonyl (C=O) groups excluding carboxylic acids is 2. The van der Waals surface area contributed by atoms with Gasteiger partial charge in [0.2, 0.25) is 0 Å². The van der Waals surface area contributed by atoms with Crippen molar-refractivity contribution in [3.8, 4) is 0 Å². The van der Waals surface area contributed by atoms with E-state index in [9.17, 15) is 14.4 Å². The van der Waals surface area contributed by atoms with E-state index in [0.29, 0.717) is 18.5 Å². The molecule has 21 heavy (non-hydrogen) atoms. The highest BCUT2D eigenvalue weighted by atomic mass is 35.5. The molecule has 0 radical (unpaired) electrons. The molecule has 1 amide bonds. The predicted octanol–water partition coefficient (Wildman–Crippen LogP) is 1.50. The monoisotopic (exact) mass is 309 g/mol. The molecule has 1 fully saturated rings. The number of carboxylic acids is 1. The molecule has 2 atom stereocenters. The third-order valence-electron chi connectivity index (χ3n) is 3.72. The van der Waals surface area contributed by atoms with Crippen molar-refractivity contribution in [3.63, 3.8) is 0 Å². The Hall–Kier alpha value is -1.92. The lowest BCUT2D eigenvalue weighted by molar-refractivity contribution is -0.149. The normalized spacial score (nSPS) is 24.5. The number of hydrogen-bond donors (Lipinski definition) is 1. The first-order valence-corrected chi connectivity index (χ1v) is 6.90. The Morgan fingerprint density at radius 2 is 2.14 bits per heavy atom. The van der Waals surface area contributed by atoms with Gasteiger partial charge in [-0.1, -0.05) is 17.7 Å². The average Bonchev–Trinajstić information content (AvgIpc) is 3.00. The van der Waals surface area contributed by atoms with Gasteiger partial charge >= 0.3 is 5.97 Å². The maximum atomic E-state index is 12.1. The van der Waals surface area contributed by atoms with E-state index in [1.165, 1.54) is 4.90 Å². The number of carboxylic acid groups (broad SMARTS) is 1. The van der Waals surface area contributed by atoms with Crippen molar-refractivity contribution < 1.29 is 24.2 Å². The van der Waals surface area contributed by atoms with Crippen molar-refractivity contribution >= 4 is 34.9 Å². The summed E-state index contributed by atoms with van der Waals surface area (Å²) in [6.07, 6.45) is -0.307. The van der Waals surface area contributed by atoms with Crippen LogP contribution in [0.4, 0.5) is 5.69 Å². The smallest absolute Gasteiger partial charge is 0.332 e. The number of benzene rings is 1. The van der Waals surface area contributed by atoms with E-state index in [2.05, 4.69) is 0 Å². The average molecular weight is 310 g/mol. The predicted molar refractivity (Wildman–Crippen MR) is 73.7 cm³/mol. The van der Waals surface area contributed by atoms with Crippen molar-refractivity contribution in [1.82, 2.24) is 0 Å². The zero-order valence-corrected chi connectivity index (χ0v) is 11.7.